The highest BCUT2D eigenvalue weighted by molar-refractivity contribution is 7.88. The van der Waals surface area contributed by atoms with Crippen molar-refractivity contribution in [2.75, 3.05) is 25.9 Å². The average molecular weight is 310 g/mol. The lowest BCUT2D eigenvalue weighted by atomic mass is 9.94. The summed E-state index contributed by atoms with van der Waals surface area (Å²) in [7, 11) is -3.06. The highest BCUT2D eigenvalue weighted by Crippen LogP contribution is 2.26. The zero-order valence-corrected chi connectivity index (χ0v) is 14.0. The number of hydrogen-bond donors (Lipinski definition) is 1. The van der Waals surface area contributed by atoms with Crippen molar-refractivity contribution in [2.45, 2.75) is 32.7 Å². The van der Waals surface area contributed by atoms with E-state index in [0.717, 1.165) is 25.9 Å². The summed E-state index contributed by atoms with van der Waals surface area (Å²) in [4.78, 5) is 2.49. The van der Waals surface area contributed by atoms with Crippen LogP contribution in [0, 0.1) is 12.8 Å². The van der Waals surface area contributed by atoms with Gasteiger partial charge in [-0.05, 0) is 51.3 Å². The van der Waals surface area contributed by atoms with Crippen molar-refractivity contribution in [2.24, 2.45) is 5.92 Å². The van der Waals surface area contributed by atoms with Crippen LogP contribution in [-0.4, -0.2) is 39.2 Å². The normalized spacial score (nSPS) is 19.6. The summed E-state index contributed by atoms with van der Waals surface area (Å²) in [5.74, 6) is 0.459. The molecule has 0 aromatic heterocycles. The van der Waals surface area contributed by atoms with Crippen molar-refractivity contribution in [3.8, 4) is 0 Å². The Morgan fingerprint density at radius 3 is 2.57 bits per heavy atom. The standard InChI is InChI=1S/C16H26N2O2S/c1-13-5-4-6-16(11-13)14(2)18-9-7-15(8-10-18)12-17-21(3,19)20/h4-6,11,14-15,17H,7-10,12H2,1-3H3. The number of rotatable bonds is 5. The average Bonchev–Trinajstić information content (AvgIpc) is 2.44. The predicted octanol–water partition coefficient (Wildman–Crippen LogP) is 2.32. The van der Waals surface area contributed by atoms with Gasteiger partial charge in [0.05, 0.1) is 6.26 Å². The maximum atomic E-state index is 11.1. The van der Waals surface area contributed by atoms with Gasteiger partial charge in [-0.2, -0.15) is 0 Å². The third kappa shape index (κ3) is 5.09. The lowest BCUT2D eigenvalue weighted by Crippen LogP contribution is -2.39. The molecular weight excluding hydrogens is 284 g/mol. The summed E-state index contributed by atoms with van der Waals surface area (Å²) in [5.41, 5.74) is 2.66. The number of benzene rings is 1. The SMILES string of the molecule is Cc1cccc(C(C)N2CCC(CNS(C)(=O)=O)CC2)c1. The van der Waals surface area contributed by atoms with E-state index in [9.17, 15) is 8.42 Å². The third-order valence-electron chi connectivity index (χ3n) is 4.36. The van der Waals surface area contributed by atoms with Gasteiger partial charge in [0, 0.05) is 12.6 Å². The second-order valence-corrected chi connectivity index (χ2v) is 8.02. The molecule has 4 nitrogen and oxygen atoms in total. The maximum absolute atomic E-state index is 11.1. The molecule has 0 spiro atoms. The summed E-state index contributed by atoms with van der Waals surface area (Å²) >= 11 is 0. The number of nitrogens with one attached hydrogen (secondary N) is 1. The molecule has 5 heteroatoms. The lowest BCUT2D eigenvalue weighted by Gasteiger charge is -2.36. The number of likely N-dealkylation sites (tertiary alicyclic amines) is 1. The van der Waals surface area contributed by atoms with Gasteiger partial charge >= 0.3 is 0 Å². The van der Waals surface area contributed by atoms with Gasteiger partial charge < -0.3 is 0 Å². The van der Waals surface area contributed by atoms with Crippen molar-refractivity contribution in [3.05, 3.63) is 35.4 Å². The second kappa shape index (κ2) is 6.90. The number of hydrogen-bond acceptors (Lipinski definition) is 3. The van der Waals surface area contributed by atoms with Crippen LogP contribution in [0.4, 0.5) is 0 Å². The van der Waals surface area contributed by atoms with Gasteiger partial charge in [0.25, 0.3) is 0 Å². The summed E-state index contributed by atoms with van der Waals surface area (Å²) in [6.45, 7) is 7.02. The molecule has 0 aliphatic carbocycles. The maximum Gasteiger partial charge on any atom is 0.208 e. The van der Waals surface area contributed by atoms with E-state index in [1.807, 2.05) is 0 Å². The molecule has 1 N–H and O–H groups in total. The molecular formula is C16H26N2O2S. The van der Waals surface area contributed by atoms with Crippen LogP contribution in [0.3, 0.4) is 0 Å². The molecule has 0 radical (unpaired) electrons. The molecule has 0 bridgehead atoms. The van der Waals surface area contributed by atoms with Crippen LogP contribution in [0.25, 0.3) is 0 Å². The molecule has 1 aliphatic heterocycles. The summed E-state index contributed by atoms with van der Waals surface area (Å²) in [5, 5.41) is 0. The predicted molar refractivity (Wildman–Crippen MR) is 86.7 cm³/mol. The number of aryl methyl sites for hydroxylation is 1. The number of piperidine rings is 1. The molecule has 1 aromatic carbocycles. The van der Waals surface area contributed by atoms with Gasteiger partial charge in [0.2, 0.25) is 10.0 Å². The zero-order chi connectivity index (χ0) is 15.5. The van der Waals surface area contributed by atoms with Gasteiger partial charge in [-0.25, -0.2) is 13.1 Å². The smallest absolute Gasteiger partial charge is 0.208 e. The fourth-order valence-electron chi connectivity index (χ4n) is 2.95. The molecule has 1 unspecified atom stereocenters. The van der Waals surface area contributed by atoms with Gasteiger partial charge in [-0.3, -0.25) is 4.90 Å². The van der Waals surface area contributed by atoms with Crippen molar-refractivity contribution >= 4 is 10.0 Å². The fourth-order valence-corrected chi connectivity index (χ4v) is 3.49. The van der Waals surface area contributed by atoms with Crippen LogP contribution in [0.15, 0.2) is 24.3 Å². The molecule has 0 amide bonds. The largest absolute Gasteiger partial charge is 0.297 e. The highest BCUT2D eigenvalue weighted by Gasteiger charge is 2.24. The molecule has 1 aliphatic rings. The summed E-state index contributed by atoms with van der Waals surface area (Å²) in [6, 6.07) is 9.11. The molecule has 0 saturated carbocycles. The van der Waals surface area contributed by atoms with E-state index in [2.05, 4.69) is 47.7 Å². The van der Waals surface area contributed by atoms with Crippen LogP contribution >= 0.6 is 0 Å². The van der Waals surface area contributed by atoms with E-state index in [-0.39, 0.29) is 0 Å². The van der Waals surface area contributed by atoms with Crippen molar-refractivity contribution < 1.29 is 8.42 Å². The Hall–Kier alpha value is -0.910. The van der Waals surface area contributed by atoms with Gasteiger partial charge in [0.15, 0.2) is 0 Å². The molecule has 1 saturated heterocycles. The molecule has 21 heavy (non-hydrogen) atoms. The highest BCUT2D eigenvalue weighted by atomic mass is 32.2. The van der Waals surface area contributed by atoms with E-state index in [0.29, 0.717) is 18.5 Å². The number of nitrogens with zero attached hydrogens (tertiary/aromatic N) is 1. The molecule has 1 aromatic rings. The zero-order valence-electron chi connectivity index (χ0n) is 13.2. The fraction of sp³-hybridized carbons (Fsp3) is 0.625. The Bertz CT molecular complexity index is 563. The first kappa shape index (κ1) is 16.5. The molecule has 1 heterocycles. The van der Waals surface area contributed by atoms with Crippen LogP contribution in [0.1, 0.15) is 36.9 Å². The second-order valence-electron chi connectivity index (χ2n) is 6.19. The Balaban J connectivity index is 1.86. The van der Waals surface area contributed by atoms with Gasteiger partial charge in [-0.1, -0.05) is 29.8 Å². The quantitative estimate of drug-likeness (QED) is 0.908. The van der Waals surface area contributed by atoms with Crippen molar-refractivity contribution in [1.82, 2.24) is 9.62 Å². The Morgan fingerprint density at radius 2 is 2.00 bits per heavy atom. The van der Waals surface area contributed by atoms with E-state index < -0.39 is 10.0 Å². The number of sulfonamides is 1. The summed E-state index contributed by atoms with van der Waals surface area (Å²) in [6.07, 6.45) is 3.33. The van der Waals surface area contributed by atoms with Gasteiger partial charge in [0.1, 0.15) is 0 Å². The van der Waals surface area contributed by atoms with Crippen LogP contribution in [-0.2, 0) is 10.0 Å². The van der Waals surface area contributed by atoms with E-state index >= 15 is 0 Å². The molecule has 2 rings (SSSR count). The first-order valence-corrected chi connectivity index (χ1v) is 9.49. The van der Waals surface area contributed by atoms with E-state index in [1.165, 1.54) is 17.4 Å². The Kier molecular flexibility index (Phi) is 5.41. The van der Waals surface area contributed by atoms with Crippen LogP contribution in [0.5, 0.6) is 0 Å². The van der Waals surface area contributed by atoms with Gasteiger partial charge in [-0.15, -0.1) is 0 Å². The first-order valence-electron chi connectivity index (χ1n) is 7.60. The van der Waals surface area contributed by atoms with Crippen LogP contribution < -0.4 is 4.72 Å². The molecule has 118 valence electrons. The topological polar surface area (TPSA) is 49.4 Å². The monoisotopic (exact) mass is 310 g/mol. The van der Waals surface area contributed by atoms with Crippen molar-refractivity contribution in [3.63, 3.8) is 0 Å². The van der Waals surface area contributed by atoms with Crippen molar-refractivity contribution in [1.29, 1.82) is 0 Å². The summed E-state index contributed by atoms with van der Waals surface area (Å²) < 4.78 is 24.9. The Labute approximate surface area is 128 Å². The first-order chi connectivity index (χ1) is 9.85. The van der Waals surface area contributed by atoms with Crippen LogP contribution in [0.2, 0.25) is 0 Å². The lowest BCUT2D eigenvalue weighted by molar-refractivity contribution is 0.142. The third-order valence-corrected chi connectivity index (χ3v) is 5.05. The minimum absolute atomic E-state index is 0.425. The van der Waals surface area contributed by atoms with E-state index in [4.69, 9.17) is 0 Å². The molecule has 1 fully saturated rings. The molecule has 1 atom stereocenters. The minimum Gasteiger partial charge on any atom is -0.297 e. The van der Waals surface area contributed by atoms with E-state index in [1.54, 1.807) is 0 Å². The minimum atomic E-state index is -3.06. The Morgan fingerprint density at radius 1 is 1.33 bits per heavy atom.